The Morgan fingerprint density at radius 2 is 0.970 bits per heavy atom. The summed E-state index contributed by atoms with van der Waals surface area (Å²) in [7, 11) is 0. The maximum atomic E-state index is 14.4. The van der Waals surface area contributed by atoms with Gasteiger partial charge in [-0.25, -0.2) is 4.79 Å². The Labute approximate surface area is 394 Å². The number of nitrogens with one attached hydrogen (secondary N) is 6. The number of unbranched alkanes of at least 4 members (excludes halogenated alkanes) is 1. The van der Waals surface area contributed by atoms with Crippen LogP contribution in [-0.2, 0) is 46.4 Å². The number of phenolic OH excluding ortho intramolecular Hbond substituents is 1. The summed E-state index contributed by atoms with van der Waals surface area (Å²) < 4.78 is 0. The third-order valence-electron chi connectivity index (χ3n) is 10.1. The van der Waals surface area contributed by atoms with Gasteiger partial charge in [0.05, 0.1) is 6.54 Å². The molecule has 0 saturated heterocycles. The molecule has 370 valence electrons. The number of hydrogen-bond donors (Lipinski definition) is 14. The third kappa shape index (κ3) is 22.9. The Morgan fingerprint density at radius 3 is 1.40 bits per heavy atom. The summed E-state index contributed by atoms with van der Waals surface area (Å²) in [5.74, 6) is -5.75. The minimum Gasteiger partial charge on any atom is -0.508 e. The van der Waals surface area contributed by atoms with Gasteiger partial charge in [0.25, 0.3) is 0 Å². The zero-order valence-electron chi connectivity index (χ0n) is 37.8. The standard InChI is InChI=1S/C43H68N14O9S/c1-67-22-18-31(52-35(59)25-45)38(62)53-29(12-7-20-50-42(46)47)36(60)56-33(23-26-9-3-2-4-10-26)39(63)54-30(13-8-21-51-43(48)49)37(61)57-34(24-27-14-16-28(58)17-15-27)40(64)55-32(41(65)66)11-5-6-19-44/h2-4,9-10,14-17,29-34,58H,5-8,11-13,18-25,44-45H2,1H3,(H,52,59)(H,53,62)(H,54,63)(H,55,64)(H,56,60)(H,57,61)(H,65,66)(H4,46,47,50)(H4,48,49,51)/t29-,30-,31-,32-,33-,34-/m0/s1. The number of amides is 6. The van der Waals surface area contributed by atoms with E-state index in [0.717, 1.165) is 0 Å². The van der Waals surface area contributed by atoms with E-state index in [1.165, 1.54) is 36.0 Å². The highest BCUT2D eigenvalue weighted by atomic mass is 32.2. The molecule has 0 aliphatic carbocycles. The minimum absolute atomic E-state index is 0.00414. The molecule has 0 aromatic heterocycles. The second-order valence-electron chi connectivity index (χ2n) is 15.5. The molecule has 0 radical (unpaired) electrons. The van der Waals surface area contributed by atoms with Crippen molar-refractivity contribution in [3.63, 3.8) is 0 Å². The zero-order valence-corrected chi connectivity index (χ0v) is 38.6. The van der Waals surface area contributed by atoms with Crippen LogP contribution in [0.5, 0.6) is 5.75 Å². The van der Waals surface area contributed by atoms with Gasteiger partial charge in [0, 0.05) is 25.9 Å². The molecule has 0 aliphatic rings. The zero-order chi connectivity index (χ0) is 49.7. The Bertz CT molecular complexity index is 1950. The number of thioether (sulfide) groups is 1. The number of hydrogen-bond acceptors (Lipinski definition) is 13. The summed E-state index contributed by atoms with van der Waals surface area (Å²) in [6, 6.07) is 6.80. The van der Waals surface area contributed by atoms with Gasteiger partial charge in [-0.3, -0.25) is 38.8 Å². The van der Waals surface area contributed by atoms with Crippen molar-refractivity contribution in [3.05, 3.63) is 65.7 Å². The lowest BCUT2D eigenvalue weighted by Gasteiger charge is -2.28. The molecule has 0 saturated carbocycles. The molecule has 0 bridgehead atoms. The summed E-state index contributed by atoms with van der Waals surface area (Å²) in [6.45, 7) is 0.0996. The van der Waals surface area contributed by atoms with Crippen LogP contribution in [-0.4, -0.2) is 138 Å². The van der Waals surface area contributed by atoms with Gasteiger partial charge >= 0.3 is 5.97 Å². The van der Waals surface area contributed by atoms with Crippen LogP contribution in [0.4, 0.5) is 0 Å². The molecular weight excluding hydrogens is 889 g/mol. The van der Waals surface area contributed by atoms with Crippen molar-refractivity contribution >= 4 is 65.1 Å². The molecule has 2 aromatic rings. The molecule has 0 fully saturated rings. The highest BCUT2D eigenvalue weighted by molar-refractivity contribution is 7.98. The van der Waals surface area contributed by atoms with Gasteiger partial charge in [-0.05, 0) is 93.2 Å². The average Bonchev–Trinajstić information content (AvgIpc) is 3.29. The Kier molecular flexibility index (Phi) is 26.4. The van der Waals surface area contributed by atoms with Crippen molar-refractivity contribution in [1.29, 1.82) is 0 Å². The summed E-state index contributed by atoms with van der Waals surface area (Å²) >= 11 is 1.44. The number of benzene rings is 2. The van der Waals surface area contributed by atoms with E-state index in [2.05, 4.69) is 41.9 Å². The average molecular weight is 957 g/mol. The molecule has 6 amide bonds. The molecule has 67 heavy (non-hydrogen) atoms. The Hall–Kier alpha value is -6.66. The first-order valence-electron chi connectivity index (χ1n) is 21.8. The number of guanidine groups is 2. The van der Waals surface area contributed by atoms with Crippen LogP contribution in [0.3, 0.4) is 0 Å². The number of carboxylic acids is 1. The Morgan fingerprint density at radius 1 is 0.552 bits per heavy atom. The van der Waals surface area contributed by atoms with Crippen molar-refractivity contribution in [2.45, 2.75) is 100 Å². The smallest absolute Gasteiger partial charge is 0.326 e. The van der Waals surface area contributed by atoms with Crippen molar-refractivity contribution in [2.75, 3.05) is 38.2 Å². The number of carboxylic acid groups (broad SMARTS) is 1. The van der Waals surface area contributed by atoms with Crippen LogP contribution in [0.2, 0.25) is 0 Å². The number of rotatable bonds is 32. The number of aliphatic carboxylic acids is 1. The van der Waals surface area contributed by atoms with Crippen LogP contribution in [0, 0.1) is 0 Å². The normalized spacial score (nSPS) is 13.5. The molecule has 24 heteroatoms. The van der Waals surface area contributed by atoms with E-state index in [1.54, 1.807) is 30.3 Å². The fourth-order valence-electron chi connectivity index (χ4n) is 6.55. The molecule has 20 N–H and O–H groups in total. The molecule has 23 nitrogen and oxygen atoms in total. The van der Waals surface area contributed by atoms with E-state index in [0.29, 0.717) is 36.3 Å². The lowest BCUT2D eigenvalue weighted by molar-refractivity contribution is -0.142. The molecule has 2 rings (SSSR count). The summed E-state index contributed by atoms with van der Waals surface area (Å²) in [5, 5.41) is 35.6. The summed E-state index contributed by atoms with van der Waals surface area (Å²) in [6.07, 6.45) is 3.13. The van der Waals surface area contributed by atoms with E-state index in [-0.39, 0.29) is 88.7 Å². The number of carbonyl (C=O) groups is 7. The van der Waals surface area contributed by atoms with E-state index < -0.39 is 77.7 Å². The first-order chi connectivity index (χ1) is 32.0. The van der Waals surface area contributed by atoms with E-state index in [9.17, 15) is 43.8 Å². The van der Waals surface area contributed by atoms with Crippen LogP contribution in [0.15, 0.2) is 64.6 Å². The predicted octanol–water partition coefficient (Wildman–Crippen LogP) is -2.88. The van der Waals surface area contributed by atoms with E-state index >= 15 is 0 Å². The van der Waals surface area contributed by atoms with Crippen molar-refractivity contribution in [3.8, 4) is 5.75 Å². The van der Waals surface area contributed by atoms with Crippen molar-refractivity contribution in [2.24, 2.45) is 44.4 Å². The highest BCUT2D eigenvalue weighted by Crippen LogP contribution is 2.14. The first-order valence-corrected chi connectivity index (χ1v) is 23.2. The van der Waals surface area contributed by atoms with Crippen LogP contribution >= 0.6 is 11.8 Å². The quantitative estimate of drug-likeness (QED) is 0.0199. The maximum absolute atomic E-state index is 14.4. The molecule has 2 aromatic carbocycles. The van der Waals surface area contributed by atoms with Gasteiger partial charge in [-0.2, -0.15) is 11.8 Å². The second-order valence-corrected chi connectivity index (χ2v) is 16.5. The predicted molar refractivity (Wildman–Crippen MR) is 256 cm³/mol. The van der Waals surface area contributed by atoms with E-state index in [4.69, 9.17) is 34.4 Å². The Balaban J connectivity index is 2.55. The lowest BCUT2D eigenvalue weighted by Crippen LogP contribution is -2.60. The maximum Gasteiger partial charge on any atom is 0.326 e. The van der Waals surface area contributed by atoms with E-state index in [1.807, 2.05) is 6.26 Å². The number of phenols is 1. The largest absolute Gasteiger partial charge is 0.508 e. The second kappa shape index (κ2) is 31.3. The molecule has 0 unspecified atom stereocenters. The third-order valence-corrected chi connectivity index (χ3v) is 10.7. The SMILES string of the molecule is CSCC[C@H](NC(=O)CN)C(=O)N[C@@H](CCCN=C(N)N)C(=O)N[C@@H](Cc1ccccc1)C(=O)N[C@@H](CCCN=C(N)N)C(=O)N[C@@H](Cc1ccc(O)cc1)C(=O)N[C@@H](CCCCN)C(=O)O. The van der Waals surface area contributed by atoms with Gasteiger partial charge in [0.15, 0.2) is 11.9 Å². The summed E-state index contributed by atoms with van der Waals surface area (Å²) in [5.41, 5.74) is 34.2. The number of nitrogens with two attached hydrogens (primary N) is 6. The fraction of sp³-hybridized carbons (Fsp3) is 0.512. The van der Waals surface area contributed by atoms with Crippen molar-refractivity contribution < 1.29 is 43.8 Å². The molecular formula is C43H68N14O9S. The topological polar surface area (TPSA) is 413 Å². The molecule has 0 heterocycles. The van der Waals surface area contributed by atoms with Gasteiger partial charge < -0.3 is 76.5 Å². The monoisotopic (exact) mass is 957 g/mol. The van der Waals surface area contributed by atoms with Gasteiger partial charge in [-0.15, -0.1) is 0 Å². The summed E-state index contributed by atoms with van der Waals surface area (Å²) in [4.78, 5) is 103. The number of aliphatic imine (C=N–C) groups is 2. The first kappa shape index (κ1) is 56.5. The van der Waals surface area contributed by atoms with Crippen molar-refractivity contribution in [1.82, 2.24) is 31.9 Å². The van der Waals surface area contributed by atoms with Gasteiger partial charge in [0.2, 0.25) is 35.4 Å². The molecule has 6 atom stereocenters. The molecule has 0 spiro atoms. The number of nitrogens with zero attached hydrogens (tertiary/aromatic N) is 2. The van der Waals surface area contributed by atoms with Gasteiger partial charge in [-0.1, -0.05) is 42.5 Å². The fourth-order valence-corrected chi connectivity index (χ4v) is 7.02. The highest BCUT2D eigenvalue weighted by Gasteiger charge is 2.33. The number of aromatic hydroxyl groups is 1. The van der Waals surface area contributed by atoms with Gasteiger partial charge in [0.1, 0.15) is 42.0 Å². The van der Waals surface area contributed by atoms with Crippen LogP contribution < -0.4 is 66.3 Å². The lowest BCUT2D eigenvalue weighted by atomic mass is 10.0. The van der Waals surface area contributed by atoms with Crippen LogP contribution in [0.1, 0.15) is 62.5 Å². The minimum atomic E-state index is -1.37. The molecule has 0 aliphatic heterocycles. The van der Waals surface area contributed by atoms with Crippen LogP contribution in [0.25, 0.3) is 0 Å². The number of carbonyl (C=O) groups excluding carboxylic acids is 6.